The fourth-order valence-corrected chi connectivity index (χ4v) is 5.77. The van der Waals surface area contributed by atoms with Crippen LogP contribution in [0, 0.1) is 5.92 Å². The number of Topliss-reactive ketones (excluding diaryl/α,β-unsaturated/α-hetero) is 1. The van der Waals surface area contributed by atoms with Crippen LogP contribution >= 0.6 is 0 Å². The molecular formula is C27H28N4O2. The van der Waals surface area contributed by atoms with Gasteiger partial charge in [-0.2, -0.15) is 0 Å². The average molecular weight is 441 g/mol. The van der Waals surface area contributed by atoms with Gasteiger partial charge in [-0.05, 0) is 49.4 Å². The topological polar surface area (TPSA) is 69.3 Å². The lowest BCUT2D eigenvalue weighted by atomic mass is 9.95. The maximum atomic E-state index is 13.7. The van der Waals surface area contributed by atoms with E-state index in [0.717, 1.165) is 55.4 Å². The highest BCUT2D eigenvalue weighted by Crippen LogP contribution is 2.34. The molecule has 0 N–H and O–H groups in total. The van der Waals surface area contributed by atoms with Crippen molar-refractivity contribution in [2.75, 3.05) is 0 Å². The van der Waals surface area contributed by atoms with Crippen molar-refractivity contribution >= 4 is 22.5 Å². The molecule has 0 amide bonds. The lowest BCUT2D eigenvalue weighted by Gasteiger charge is -2.15. The van der Waals surface area contributed by atoms with E-state index >= 15 is 0 Å². The molecule has 0 atom stereocenters. The van der Waals surface area contributed by atoms with Crippen molar-refractivity contribution in [1.29, 1.82) is 0 Å². The Kier molecular flexibility index (Phi) is 5.08. The van der Waals surface area contributed by atoms with E-state index in [1.807, 2.05) is 48.5 Å². The van der Waals surface area contributed by atoms with Gasteiger partial charge in [-0.3, -0.25) is 18.6 Å². The summed E-state index contributed by atoms with van der Waals surface area (Å²) in [6.45, 7) is 0.419. The van der Waals surface area contributed by atoms with Crippen molar-refractivity contribution in [2.24, 2.45) is 5.92 Å². The number of benzene rings is 2. The van der Waals surface area contributed by atoms with Crippen LogP contribution < -0.4 is 5.56 Å². The van der Waals surface area contributed by atoms with Gasteiger partial charge in [0.2, 0.25) is 5.78 Å². The van der Waals surface area contributed by atoms with E-state index in [1.54, 1.807) is 4.57 Å². The Morgan fingerprint density at radius 2 is 1.64 bits per heavy atom. The van der Waals surface area contributed by atoms with Gasteiger partial charge in [0, 0.05) is 17.4 Å². The first-order valence-corrected chi connectivity index (χ1v) is 12.2. The molecule has 6 nitrogen and oxygen atoms in total. The van der Waals surface area contributed by atoms with Crippen molar-refractivity contribution in [1.82, 2.24) is 19.2 Å². The maximum Gasteiger partial charge on any atom is 0.263 e. The van der Waals surface area contributed by atoms with Gasteiger partial charge >= 0.3 is 0 Å². The minimum absolute atomic E-state index is 0.0849. The van der Waals surface area contributed by atoms with E-state index in [0.29, 0.717) is 29.2 Å². The highest BCUT2D eigenvalue weighted by molar-refractivity contribution is 6.01. The molecule has 0 bridgehead atoms. The lowest BCUT2D eigenvalue weighted by molar-refractivity contribution is 0.0923. The summed E-state index contributed by atoms with van der Waals surface area (Å²) in [7, 11) is 0. The van der Waals surface area contributed by atoms with Crippen LogP contribution in [0.3, 0.4) is 0 Å². The van der Waals surface area contributed by atoms with Gasteiger partial charge in [-0.1, -0.05) is 56.0 Å². The Balaban J connectivity index is 1.57. The second-order valence-electron chi connectivity index (χ2n) is 9.63. The number of ketones is 1. The van der Waals surface area contributed by atoms with Crippen LogP contribution in [0.1, 0.15) is 79.0 Å². The molecule has 2 aromatic heterocycles. The predicted octanol–water partition coefficient (Wildman–Crippen LogP) is 5.12. The molecule has 0 radical (unpaired) electrons. The first-order valence-electron chi connectivity index (χ1n) is 12.2. The van der Waals surface area contributed by atoms with E-state index in [4.69, 9.17) is 0 Å². The van der Waals surface area contributed by atoms with Crippen molar-refractivity contribution in [3.63, 3.8) is 0 Å². The number of aromatic nitrogens is 4. The van der Waals surface area contributed by atoms with Gasteiger partial charge in [-0.15, -0.1) is 10.2 Å². The molecule has 2 heterocycles. The van der Waals surface area contributed by atoms with Gasteiger partial charge in [0.1, 0.15) is 5.82 Å². The zero-order valence-electron chi connectivity index (χ0n) is 18.7. The molecule has 2 aromatic carbocycles. The fourth-order valence-electron chi connectivity index (χ4n) is 5.77. The molecule has 2 saturated carbocycles. The zero-order chi connectivity index (χ0) is 22.4. The maximum absolute atomic E-state index is 13.7. The van der Waals surface area contributed by atoms with Crippen LogP contribution in [0.2, 0.25) is 0 Å². The van der Waals surface area contributed by atoms with Gasteiger partial charge in [0.25, 0.3) is 5.56 Å². The molecule has 4 aromatic rings. The molecule has 6 rings (SSSR count). The van der Waals surface area contributed by atoms with E-state index in [9.17, 15) is 9.59 Å². The summed E-state index contributed by atoms with van der Waals surface area (Å²) >= 11 is 0. The number of rotatable bonds is 5. The Hall–Kier alpha value is -3.28. The number of carbonyl (C=O) groups is 1. The molecule has 0 spiro atoms. The van der Waals surface area contributed by atoms with Crippen molar-refractivity contribution in [2.45, 2.75) is 63.8 Å². The summed E-state index contributed by atoms with van der Waals surface area (Å²) in [5, 5.41) is 9.65. The molecule has 0 aliphatic heterocycles. The monoisotopic (exact) mass is 440 g/mol. The van der Waals surface area contributed by atoms with Gasteiger partial charge in [0.05, 0.1) is 17.4 Å². The summed E-state index contributed by atoms with van der Waals surface area (Å²) in [6.07, 6.45) is 8.70. The van der Waals surface area contributed by atoms with Crippen LogP contribution in [0.4, 0.5) is 0 Å². The van der Waals surface area contributed by atoms with Crippen LogP contribution in [-0.4, -0.2) is 24.9 Å². The fraction of sp³-hybridized carbons (Fsp3) is 0.407. The highest BCUT2D eigenvalue weighted by Gasteiger charge is 2.27. The smallest absolute Gasteiger partial charge is 0.263 e. The first-order chi connectivity index (χ1) is 16.2. The quantitative estimate of drug-likeness (QED) is 0.404. The SMILES string of the molecule is O=C(c1ccc2c(c1)c(=O)n(Cc1ccccc1)c1nnc(C3CCCC3)n21)C1CCCC1. The molecule has 2 aliphatic rings. The number of carbonyl (C=O) groups excluding carboxylic acids is 1. The summed E-state index contributed by atoms with van der Waals surface area (Å²) in [5.41, 5.74) is 2.36. The molecule has 0 saturated heterocycles. The summed E-state index contributed by atoms with van der Waals surface area (Å²) in [5.74, 6) is 2.12. The summed E-state index contributed by atoms with van der Waals surface area (Å²) in [6, 6.07) is 15.6. The molecule has 33 heavy (non-hydrogen) atoms. The van der Waals surface area contributed by atoms with Gasteiger partial charge < -0.3 is 0 Å². The summed E-state index contributed by atoms with van der Waals surface area (Å²) in [4.78, 5) is 26.9. The number of hydrogen-bond acceptors (Lipinski definition) is 4. The van der Waals surface area contributed by atoms with Crippen LogP contribution in [-0.2, 0) is 6.54 Å². The zero-order valence-corrected chi connectivity index (χ0v) is 18.7. The Morgan fingerprint density at radius 1 is 0.909 bits per heavy atom. The Bertz CT molecular complexity index is 1390. The average Bonchev–Trinajstić information content (AvgIpc) is 3.62. The van der Waals surface area contributed by atoms with Gasteiger partial charge in [-0.25, -0.2) is 0 Å². The minimum atomic E-state index is -0.118. The third kappa shape index (κ3) is 3.48. The van der Waals surface area contributed by atoms with E-state index < -0.39 is 0 Å². The Labute approximate surface area is 192 Å². The minimum Gasteiger partial charge on any atom is -0.294 e. The van der Waals surface area contributed by atoms with Crippen molar-refractivity contribution < 1.29 is 4.79 Å². The van der Waals surface area contributed by atoms with Crippen LogP contribution in [0.5, 0.6) is 0 Å². The van der Waals surface area contributed by atoms with E-state index in [2.05, 4.69) is 14.6 Å². The van der Waals surface area contributed by atoms with Crippen LogP contribution in [0.15, 0.2) is 53.3 Å². The number of nitrogens with zero attached hydrogens (tertiary/aromatic N) is 4. The molecule has 2 fully saturated rings. The lowest BCUT2D eigenvalue weighted by Crippen LogP contribution is -2.25. The standard InChI is InChI=1S/C27H28N4O2/c32-24(19-10-4-5-11-19)21-14-15-23-22(16-21)26(33)30(17-18-8-2-1-3-9-18)27-29-28-25(31(23)27)20-12-6-7-13-20/h1-3,8-9,14-16,19-20H,4-7,10-13,17H2. The largest absolute Gasteiger partial charge is 0.294 e. The van der Waals surface area contributed by atoms with E-state index in [1.165, 1.54) is 12.8 Å². The molecular weight excluding hydrogens is 412 g/mol. The van der Waals surface area contributed by atoms with Crippen molar-refractivity contribution in [3.8, 4) is 0 Å². The van der Waals surface area contributed by atoms with Gasteiger partial charge in [0.15, 0.2) is 5.78 Å². The molecule has 2 aliphatic carbocycles. The molecule has 6 heteroatoms. The molecule has 168 valence electrons. The number of hydrogen-bond donors (Lipinski definition) is 0. The van der Waals surface area contributed by atoms with Crippen molar-refractivity contribution in [3.05, 3.63) is 75.8 Å². The predicted molar refractivity (Wildman–Crippen MR) is 128 cm³/mol. The van der Waals surface area contributed by atoms with Crippen LogP contribution in [0.25, 0.3) is 16.7 Å². The van der Waals surface area contributed by atoms with E-state index in [-0.39, 0.29) is 17.3 Å². The third-order valence-corrected chi connectivity index (χ3v) is 7.54. The second kappa shape index (κ2) is 8.25. The molecule has 0 unspecified atom stereocenters. The summed E-state index contributed by atoms with van der Waals surface area (Å²) < 4.78 is 3.78. The number of fused-ring (bicyclic) bond motifs is 3. The normalized spacial score (nSPS) is 17.5. The Morgan fingerprint density at radius 3 is 2.39 bits per heavy atom. The highest BCUT2D eigenvalue weighted by atomic mass is 16.1. The first kappa shape index (κ1) is 20.3. The second-order valence-corrected chi connectivity index (χ2v) is 9.63. The third-order valence-electron chi connectivity index (χ3n) is 7.54.